The molecule has 134 valence electrons. The van der Waals surface area contributed by atoms with Crippen LogP contribution in [0.3, 0.4) is 0 Å². The molecule has 2 aromatic carbocycles. The molecule has 0 saturated carbocycles. The zero-order valence-corrected chi connectivity index (χ0v) is 14.6. The van der Waals surface area contributed by atoms with E-state index in [-0.39, 0.29) is 23.3 Å². The van der Waals surface area contributed by atoms with Crippen LogP contribution >= 0.6 is 0 Å². The van der Waals surface area contributed by atoms with E-state index in [2.05, 4.69) is 11.5 Å². The number of nitrogens with zero attached hydrogens (tertiary/aromatic N) is 1. The zero-order chi connectivity index (χ0) is 18.4. The quantitative estimate of drug-likeness (QED) is 0.476. The van der Waals surface area contributed by atoms with E-state index in [0.717, 1.165) is 54.3 Å². The molecule has 0 saturated heterocycles. The number of aromatic nitrogens is 1. The van der Waals surface area contributed by atoms with Gasteiger partial charge in [0.25, 0.3) is 0 Å². The minimum atomic E-state index is -0.236. The number of unbranched alkanes of at least 4 members (excludes halogenated alkanes) is 1. The molecule has 0 fully saturated rings. The fraction of sp³-hybridized carbons (Fsp3) is 0.286. The minimum Gasteiger partial charge on any atom is -0.508 e. The molecule has 3 aromatic rings. The molecular formula is C21H21NO4. The standard InChI is InChI=1S/C21H21NO4/c1-2-3-4-13-7-12-8-14(24)5-6-15(12)21-17(11-23)16-9-19(25)20(26)10-18(16)22(13)21/h5-6,8-11,13,24-26H,2-4,7H2,1H3. The van der Waals surface area contributed by atoms with Crippen LogP contribution < -0.4 is 0 Å². The summed E-state index contributed by atoms with van der Waals surface area (Å²) in [5.41, 5.74) is 3.97. The fourth-order valence-electron chi connectivity index (χ4n) is 4.13. The Labute approximate surface area is 151 Å². The van der Waals surface area contributed by atoms with Gasteiger partial charge in [0.1, 0.15) is 5.75 Å². The van der Waals surface area contributed by atoms with E-state index in [4.69, 9.17) is 0 Å². The molecule has 0 bridgehead atoms. The van der Waals surface area contributed by atoms with E-state index in [1.807, 2.05) is 6.07 Å². The van der Waals surface area contributed by atoms with Gasteiger partial charge in [0.15, 0.2) is 17.8 Å². The molecular weight excluding hydrogens is 330 g/mol. The Balaban J connectivity index is 2.08. The number of fused-ring (bicyclic) bond motifs is 5. The molecule has 5 nitrogen and oxygen atoms in total. The molecule has 1 atom stereocenters. The Morgan fingerprint density at radius 1 is 1.15 bits per heavy atom. The number of carbonyl (C=O) groups is 1. The molecule has 0 radical (unpaired) electrons. The van der Waals surface area contributed by atoms with Gasteiger partial charge in [-0.3, -0.25) is 4.79 Å². The summed E-state index contributed by atoms with van der Waals surface area (Å²) in [6.07, 6.45) is 4.59. The summed E-state index contributed by atoms with van der Waals surface area (Å²) in [7, 11) is 0. The van der Waals surface area contributed by atoms with Gasteiger partial charge in [-0.05, 0) is 42.7 Å². The first kappa shape index (κ1) is 16.5. The van der Waals surface area contributed by atoms with Crippen molar-refractivity contribution in [2.24, 2.45) is 0 Å². The van der Waals surface area contributed by atoms with Gasteiger partial charge < -0.3 is 19.9 Å². The van der Waals surface area contributed by atoms with E-state index < -0.39 is 0 Å². The van der Waals surface area contributed by atoms with Gasteiger partial charge in [-0.1, -0.05) is 19.8 Å². The zero-order valence-electron chi connectivity index (χ0n) is 14.6. The normalized spacial score (nSPS) is 15.7. The molecule has 0 spiro atoms. The summed E-state index contributed by atoms with van der Waals surface area (Å²) in [4.78, 5) is 11.9. The van der Waals surface area contributed by atoms with Crippen LogP contribution in [0.5, 0.6) is 17.2 Å². The number of aromatic hydroxyl groups is 3. The number of aldehydes is 1. The van der Waals surface area contributed by atoms with Gasteiger partial charge in [-0.25, -0.2) is 0 Å². The predicted octanol–water partition coefficient (Wildman–Crippen LogP) is 4.53. The molecule has 3 N–H and O–H groups in total. The van der Waals surface area contributed by atoms with Crippen LogP contribution in [0.2, 0.25) is 0 Å². The Bertz CT molecular complexity index is 1020. The van der Waals surface area contributed by atoms with E-state index in [1.165, 1.54) is 12.1 Å². The first-order valence-electron chi connectivity index (χ1n) is 8.92. The highest BCUT2D eigenvalue weighted by atomic mass is 16.3. The van der Waals surface area contributed by atoms with Gasteiger partial charge in [0.05, 0.1) is 11.2 Å². The molecule has 0 aliphatic carbocycles. The highest BCUT2D eigenvalue weighted by Crippen LogP contribution is 2.46. The average molecular weight is 351 g/mol. The first-order chi connectivity index (χ1) is 12.5. The fourth-order valence-corrected chi connectivity index (χ4v) is 4.13. The summed E-state index contributed by atoms with van der Waals surface area (Å²) in [5.74, 6) is -0.217. The predicted molar refractivity (Wildman–Crippen MR) is 100 cm³/mol. The first-order valence-corrected chi connectivity index (χ1v) is 8.92. The molecule has 5 heteroatoms. The molecule has 26 heavy (non-hydrogen) atoms. The van der Waals surface area contributed by atoms with Crippen LogP contribution in [-0.4, -0.2) is 26.2 Å². The van der Waals surface area contributed by atoms with Crippen molar-refractivity contribution in [3.8, 4) is 28.5 Å². The van der Waals surface area contributed by atoms with Crippen molar-refractivity contribution in [1.82, 2.24) is 4.57 Å². The number of carbonyl (C=O) groups excluding carboxylic acids is 1. The van der Waals surface area contributed by atoms with Crippen LogP contribution in [0.25, 0.3) is 22.2 Å². The van der Waals surface area contributed by atoms with Crippen LogP contribution in [0.15, 0.2) is 30.3 Å². The van der Waals surface area contributed by atoms with Crippen molar-refractivity contribution in [2.75, 3.05) is 0 Å². The number of benzene rings is 2. The molecule has 2 heterocycles. The third-order valence-corrected chi connectivity index (χ3v) is 5.31. The van der Waals surface area contributed by atoms with E-state index >= 15 is 0 Å². The van der Waals surface area contributed by atoms with Gasteiger partial charge in [0.2, 0.25) is 0 Å². The lowest BCUT2D eigenvalue weighted by molar-refractivity contribution is 0.112. The SMILES string of the molecule is CCCCC1Cc2cc(O)ccc2-c2c(C=O)c3cc(O)c(O)cc3n21. The van der Waals surface area contributed by atoms with Crippen LogP contribution in [0.1, 0.15) is 48.1 Å². The maximum Gasteiger partial charge on any atom is 0.159 e. The van der Waals surface area contributed by atoms with Gasteiger partial charge in [0, 0.05) is 28.6 Å². The van der Waals surface area contributed by atoms with Crippen molar-refractivity contribution in [1.29, 1.82) is 0 Å². The van der Waals surface area contributed by atoms with E-state index in [1.54, 1.807) is 12.1 Å². The van der Waals surface area contributed by atoms with Crippen molar-refractivity contribution in [3.63, 3.8) is 0 Å². The second-order valence-electron chi connectivity index (χ2n) is 6.95. The lowest BCUT2D eigenvalue weighted by Gasteiger charge is -2.29. The average Bonchev–Trinajstić information content (AvgIpc) is 2.93. The Morgan fingerprint density at radius 3 is 2.65 bits per heavy atom. The summed E-state index contributed by atoms with van der Waals surface area (Å²) in [6, 6.07) is 8.33. The second kappa shape index (κ2) is 6.09. The largest absolute Gasteiger partial charge is 0.508 e. The highest BCUT2D eigenvalue weighted by molar-refractivity contribution is 6.06. The Morgan fingerprint density at radius 2 is 1.92 bits per heavy atom. The minimum absolute atomic E-state index is 0.124. The summed E-state index contributed by atoms with van der Waals surface area (Å²) in [6.45, 7) is 2.14. The third-order valence-electron chi connectivity index (χ3n) is 5.31. The van der Waals surface area contributed by atoms with Crippen molar-refractivity contribution < 1.29 is 20.1 Å². The van der Waals surface area contributed by atoms with Crippen molar-refractivity contribution >= 4 is 17.2 Å². The molecule has 1 unspecified atom stereocenters. The maximum atomic E-state index is 11.9. The molecule has 1 aliphatic rings. The van der Waals surface area contributed by atoms with E-state index in [0.29, 0.717) is 10.9 Å². The molecule has 1 aliphatic heterocycles. The molecule has 1 aromatic heterocycles. The smallest absolute Gasteiger partial charge is 0.159 e. The number of rotatable bonds is 4. The van der Waals surface area contributed by atoms with Gasteiger partial charge in [-0.15, -0.1) is 0 Å². The molecule has 4 rings (SSSR count). The number of phenols is 3. The lowest BCUT2D eigenvalue weighted by Crippen LogP contribution is -2.19. The van der Waals surface area contributed by atoms with Gasteiger partial charge >= 0.3 is 0 Å². The topological polar surface area (TPSA) is 82.7 Å². The Kier molecular flexibility index (Phi) is 3.87. The van der Waals surface area contributed by atoms with Crippen molar-refractivity contribution in [2.45, 2.75) is 38.6 Å². The lowest BCUT2D eigenvalue weighted by atomic mass is 9.90. The van der Waals surface area contributed by atoms with Gasteiger partial charge in [-0.2, -0.15) is 0 Å². The number of phenolic OH excluding ortho intramolecular Hbond substituents is 3. The van der Waals surface area contributed by atoms with E-state index in [9.17, 15) is 20.1 Å². The van der Waals surface area contributed by atoms with Crippen LogP contribution in [0.4, 0.5) is 0 Å². The number of hydrogen-bond donors (Lipinski definition) is 3. The summed E-state index contributed by atoms with van der Waals surface area (Å²) in [5, 5.41) is 30.5. The monoisotopic (exact) mass is 351 g/mol. The van der Waals surface area contributed by atoms with Crippen molar-refractivity contribution in [3.05, 3.63) is 41.5 Å². The highest BCUT2D eigenvalue weighted by Gasteiger charge is 2.30. The number of hydrogen-bond acceptors (Lipinski definition) is 4. The summed E-state index contributed by atoms with van der Waals surface area (Å²) >= 11 is 0. The molecule has 0 amide bonds. The third kappa shape index (κ3) is 2.35. The maximum absolute atomic E-state index is 11.9. The Hall–Kier alpha value is -2.95. The van der Waals surface area contributed by atoms with Crippen LogP contribution in [0, 0.1) is 0 Å². The van der Waals surface area contributed by atoms with Crippen LogP contribution in [-0.2, 0) is 6.42 Å². The summed E-state index contributed by atoms with van der Waals surface area (Å²) < 4.78 is 2.12. The second-order valence-corrected chi connectivity index (χ2v) is 6.95.